The Morgan fingerprint density at radius 2 is 1.29 bits per heavy atom. The van der Waals surface area contributed by atoms with Crippen LogP contribution in [0.15, 0.2) is 0 Å². The second-order valence-electron chi connectivity index (χ2n) is 7.64. The first kappa shape index (κ1) is 15.8. The highest BCUT2D eigenvalue weighted by Crippen LogP contribution is 2.55. The highest BCUT2D eigenvalue weighted by molar-refractivity contribution is 5.69. The molecule has 1 heterocycles. The molecule has 0 unspecified atom stereocenters. The minimum atomic E-state index is -0.428. The van der Waals surface area contributed by atoms with Crippen LogP contribution in [0.3, 0.4) is 0 Å². The lowest BCUT2D eigenvalue weighted by Gasteiger charge is -2.29. The van der Waals surface area contributed by atoms with Gasteiger partial charge in [0.05, 0.1) is 18.8 Å². The monoisotopic (exact) mass is 293 g/mol. The van der Waals surface area contributed by atoms with Crippen molar-refractivity contribution >= 4 is 0 Å². The second kappa shape index (κ2) is 5.00. The van der Waals surface area contributed by atoms with Crippen LogP contribution in [-0.2, 0) is 15.9 Å². The average molecular weight is 293 g/mol. The Hall–Kier alpha value is -1.58. The summed E-state index contributed by atoms with van der Waals surface area (Å²) in [6.07, 6.45) is 0.761. The van der Waals surface area contributed by atoms with Gasteiger partial charge in [0.15, 0.2) is 17.2 Å². The van der Waals surface area contributed by atoms with E-state index in [0.29, 0.717) is 35.8 Å². The Labute approximate surface area is 126 Å². The standard InChI is InChI=1S/C17H25O4/c1-16(2,3)10-12(18)13(19)11(17(4,5)6)15-14(10)20-8-7-9-21-15/h18H,7-9H2,1-6H3. The van der Waals surface area contributed by atoms with Gasteiger partial charge in [-0.2, -0.15) is 0 Å². The zero-order valence-electron chi connectivity index (χ0n) is 13.8. The van der Waals surface area contributed by atoms with Crippen LogP contribution in [0.1, 0.15) is 59.1 Å². The lowest BCUT2D eigenvalue weighted by Crippen LogP contribution is -2.18. The topological polar surface area (TPSA) is 58.6 Å². The number of ether oxygens (including phenoxy) is 2. The summed E-state index contributed by atoms with van der Waals surface area (Å²) >= 11 is 0. The average Bonchev–Trinajstić information content (AvgIpc) is 2.52. The van der Waals surface area contributed by atoms with Gasteiger partial charge in [-0.1, -0.05) is 41.5 Å². The summed E-state index contributed by atoms with van der Waals surface area (Å²) in [5.74, 6) is 0.475. The first-order valence-corrected chi connectivity index (χ1v) is 7.41. The van der Waals surface area contributed by atoms with Crippen molar-refractivity contribution in [2.75, 3.05) is 13.2 Å². The Kier molecular flexibility index (Phi) is 3.77. The third-order valence-electron chi connectivity index (χ3n) is 3.62. The van der Waals surface area contributed by atoms with E-state index in [-0.39, 0.29) is 11.5 Å². The minimum Gasteiger partial charge on any atom is -0.504 e. The van der Waals surface area contributed by atoms with Gasteiger partial charge in [-0.15, -0.1) is 0 Å². The van der Waals surface area contributed by atoms with E-state index < -0.39 is 10.8 Å². The molecule has 4 heteroatoms. The molecule has 1 radical (unpaired) electrons. The molecule has 1 aliphatic rings. The zero-order chi connectivity index (χ0) is 16.0. The molecule has 0 atom stereocenters. The summed E-state index contributed by atoms with van der Waals surface area (Å²) in [7, 11) is 0. The van der Waals surface area contributed by atoms with E-state index in [1.807, 2.05) is 41.5 Å². The summed E-state index contributed by atoms with van der Waals surface area (Å²) in [5.41, 5.74) is 0.197. The van der Waals surface area contributed by atoms with Crippen LogP contribution >= 0.6 is 0 Å². The number of hydrogen-bond acceptors (Lipinski definition) is 3. The predicted molar refractivity (Wildman–Crippen MR) is 81.2 cm³/mol. The van der Waals surface area contributed by atoms with Crippen LogP contribution in [0.4, 0.5) is 0 Å². The van der Waals surface area contributed by atoms with Gasteiger partial charge in [0.25, 0.3) is 0 Å². The van der Waals surface area contributed by atoms with Crippen LogP contribution in [0.25, 0.3) is 0 Å². The normalized spacial score (nSPS) is 15.7. The van der Waals surface area contributed by atoms with Gasteiger partial charge in [0, 0.05) is 12.0 Å². The lowest BCUT2D eigenvalue weighted by molar-refractivity contribution is 0.283. The fraction of sp³-hybridized carbons (Fsp3) is 0.647. The maximum atomic E-state index is 12.7. The smallest absolute Gasteiger partial charge is 0.228 e. The molecular weight excluding hydrogens is 268 g/mol. The van der Waals surface area contributed by atoms with Gasteiger partial charge in [0.2, 0.25) is 5.75 Å². The summed E-state index contributed by atoms with van der Waals surface area (Å²) in [5, 5.41) is 23.2. The van der Waals surface area contributed by atoms with E-state index in [9.17, 15) is 10.2 Å². The Bertz CT molecular complexity index is 499. The Morgan fingerprint density at radius 1 is 0.857 bits per heavy atom. The molecule has 117 valence electrons. The number of benzene rings is 1. The van der Waals surface area contributed by atoms with Crippen molar-refractivity contribution in [3.05, 3.63) is 11.1 Å². The van der Waals surface area contributed by atoms with Gasteiger partial charge in [-0.05, 0) is 10.8 Å². The van der Waals surface area contributed by atoms with Gasteiger partial charge in [-0.3, -0.25) is 5.11 Å². The maximum absolute atomic E-state index is 12.7. The van der Waals surface area contributed by atoms with Crippen molar-refractivity contribution in [1.82, 2.24) is 0 Å². The SMILES string of the molecule is CC(C)(C)c1c([O])c(O)c(C(C)(C)C)c2c1OCCCO2. The molecule has 1 aromatic carbocycles. The molecule has 0 saturated heterocycles. The van der Waals surface area contributed by atoms with E-state index in [1.165, 1.54) is 0 Å². The van der Waals surface area contributed by atoms with Crippen LogP contribution in [0, 0.1) is 0 Å². The largest absolute Gasteiger partial charge is 0.504 e. The van der Waals surface area contributed by atoms with E-state index in [2.05, 4.69) is 0 Å². The fourth-order valence-corrected chi connectivity index (χ4v) is 2.73. The summed E-state index contributed by atoms with van der Waals surface area (Å²) in [6, 6.07) is 0. The van der Waals surface area contributed by atoms with Crippen molar-refractivity contribution in [2.24, 2.45) is 0 Å². The van der Waals surface area contributed by atoms with E-state index in [0.717, 1.165) is 6.42 Å². The summed E-state index contributed by atoms with van der Waals surface area (Å²) < 4.78 is 11.7. The second-order valence-corrected chi connectivity index (χ2v) is 7.64. The first-order chi connectivity index (χ1) is 9.55. The number of hydrogen-bond donors (Lipinski definition) is 1. The fourth-order valence-electron chi connectivity index (χ4n) is 2.73. The summed E-state index contributed by atoms with van der Waals surface area (Å²) in [4.78, 5) is 0. The van der Waals surface area contributed by atoms with E-state index in [1.54, 1.807) is 0 Å². The molecule has 0 saturated carbocycles. The van der Waals surface area contributed by atoms with Gasteiger partial charge in [-0.25, -0.2) is 0 Å². The van der Waals surface area contributed by atoms with Crippen molar-refractivity contribution < 1.29 is 19.7 Å². The molecule has 0 aromatic heterocycles. The molecule has 21 heavy (non-hydrogen) atoms. The number of phenols is 1. The molecule has 0 spiro atoms. The third kappa shape index (κ3) is 2.76. The Morgan fingerprint density at radius 3 is 1.71 bits per heavy atom. The molecule has 0 bridgehead atoms. The highest BCUT2D eigenvalue weighted by Gasteiger charge is 2.37. The predicted octanol–water partition coefficient (Wildman–Crippen LogP) is 4.29. The molecule has 0 fully saturated rings. The van der Waals surface area contributed by atoms with Crippen molar-refractivity contribution in [2.45, 2.75) is 58.8 Å². The van der Waals surface area contributed by atoms with Gasteiger partial charge >= 0.3 is 0 Å². The van der Waals surface area contributed by atoms with Crippen LogP contribution in [0.5, 0.6) is 23.0 Å². The molecule has 0 amide bonds. The van der Waals surface area contributed by atoms with Crippen molar-refractivity contribution in [3.63, 3.8) is 0 Å². The molecule has 1 aromatic rings. The first-order valence-electron chi connectivity index (χ1n) is 7.41. The van der Waals surface area contributed by atoms with Crippen LogP contribution in [0.2, 0.25) is 0 Å². The molecule has 0 aliphatic carbocycles. The molecule has 1 N–H and O–H groups in total. The summed E-state index contributed by atoms with van der Waals surface area (Å²) in [6.45, 7) is 12.7. The lowest BCUT2D eigenvalue weighted by atomic mass is 9.79. The quantitative estimate of drug-likeness (QED) is 0.776. The number of rotatable bonds is 0. The van der Waals surface area contributed by atoms with Crippen LogP contribution < -0.4 is 9.47 Å². The van der Waals surface area contributed by atoms with E-state index in [4.69, 9.17) is 9.47 Å². The number of fused-ring (bicyclic) bond motifs is 1. The molecule has 1 aliphatic heterocycles. The van der Waals surface area contributed by atoms with Gasteiger partial charge < -0.3 is 14.6 Å². The zero-order valence-corrected chi connectivity index (χ0v) is 13.8. The number of phenolic OH excluding ortho intramolecular Hbond substituents is 1. The maximum Gasteiger partial charge on any atom is 0.228 e. The van der Waals surface area contributed by atoms with E-state index >= 15 is 0 Å². The Balaban J connectivity index is 2.87. The number of aromatic hydroxyl groups is 1. The van der Waals surface area contributed by atoms with Crippen LogP contribution in [-0.4, -0.2) is 18.3 Å². The molecule has 2 rings (SSSR count). The van der Waals surface area contributed by atoms with Gasteiger partial charge in [0.1, 0.15) is 0 Å². The third-order valence-corrected chi connectivity index (χ3v) is 3.62. The molecule has 4 nitrogen and oxygen atoms in total. The molecular formula is C17H25O4. The van der Waals surface area contributed by atoms with Crippen molar-refractivity contribution in [1.29, 1.82) is 0 Å². The minimum absolute atomic E-state index is 0.211. The highest BCUT2D eigenvalue weighted by atomic mass is 16.5. The van der Waals surface area contributed by atoms with Crippen molar-refractivity contribution in [3.8, 4) is 23.0 Å².